The average molecular weight is 255 g/mol. The van der Waals surface area contributed by atoms with Crippen LogP contribution in [0.5, 0.6) is 0 Å². The normalized spacial score (nSPS) is 9.95. The van der Waals surface area contributed by atoms with Crippen molar-refractivity contribution in [2.75, 3.05) is 11.9 Å². The van der Waals surface area contributed by atoms with Crippen molar-refractivity contribution < 1.29 is 4.79 Å². The Morgan fingerprint density at radius 2 is 2.00 bits per heavy atom. The van der Waals surface area contributed by atoms with E-state index in [-0.39, 0.29) is 5.91 Å². The topological polar surface area (TPSA) is 54.0 Å². The van der Waals surface area contributed by atoms with Gasteiger partial charge in [-0.05, 0) is 24.6 Å². The third kappa shape index (κ3) is 3.81. The summed E-state index contributed by atoms with van der Waals surface area (Å²) in [5.41, 5.74) is 2.40. The zero-order valence-electron chi connectivity index (χ0n) is 10.9. The van der Waals surface area contributed by atoms with Gasteiger partial charge in [0.05, 0.1) is 0 Å². The van der Waals surface area contributed by atoms with Crippen LogP contribution in [0.4, 0.5) is 5.69 Å². The quantitative estimate of drug-likeness (QED) is 0.862. The maximum Gasteiger partial charge on any atom is 0.270 e. The molecule has 1 aromatic carbocycles. The van der Waals surface area contributed by atoms with E-state index in [0.29, 0.717) is 12.2 Å². The van der Waals surface area contributed by atoms with Crippen LogP contribution >= 0.6 is 0 Å². The number of carbonyl (C=O) groups excluding carboxylic acids is 1. The number of hydrogen-bond acceptors (Lipinski definition) is 3. The Bertz CT molecular complexity index is 540. The molecule has 0 atom stereocenters. The minimum atomic E-state index is -0.163. The number of anilines is 1. The van der Waals surface area contributed by atoms with Gasteiger partial charge in [-0.15, -0.1) is 0 Å². The van der Waals surface area contributed by atoms with Crippen molar-refractivity contribution in [3.05, 3.63) is 59.9 Å². The van der Waals surface area contributed by atoms with E-state index >= 15 is 0 Å². The molecule has 0 fully saturated rings. The number of hydrogen-bond donors (Lipinski definition) is 2. The number of carbonyl (C=O) groups is 1. The highest BCUT2D eigenvalue weighted by Crippen LogP contribution is 2.07. The Hall–Kier alpha value is -2.36. The average Bonchev–Trinajstić information content (AvgIpc) is 2.46. The van der Waals surface area contributed by atoms with Gasteiger partial charge in [0.2, 0.25) is 0 Å². The number of nitrogens with one attached hydrogen (secondary N) is 2. The summed E-state index contributed by atoms with van der Waals surface area (Å²) < 4.78 is 0. The van der Waals surface area contributed by atoms with Crippen molar-refractivity contribution >= 4 is 11.6 Å². The fraction of sp³-hybridized carbons (Fsp3) is 0.200. The SMILES string of the molecule is CCNc1ccnc(C(=O)NCc2ccccc2)c1. The summed E-state index contributed by atoms with van der Waals surface area (Å²) in [6.45, 7) is 3.33. The molecular formula is C15H17N3O. The van der Waals surface area contributed by atoms with Crippen LogP contribution in [0, 0.1) is 0 Å². The molecule has 1 aromatic heterocycles. The minimum absolute atomic E-state index is 0.163. The van der Waals surface area contributed by atoms with Gasteiger partial charge < -0.3 is 10.6 Å². The highest BCUT2D eigenvalue weighted by atomic mass is 16.1. The Morgan fingerprint density at radius 1 is 1.21 bits per heavy atom. The van der Waals surface area contributed by atoms with Crippen molar-refractivity contribution in [2.45, 2.75) is 13.5 Å². The molecule has 19 heavy (non-hydrogen) atoms. The van der Waals surface area contributed by atoms with Crippen LogP contribution < -0.4 is 10.6 Å². The Kier molecular flexibility index (Phi) is 4.50. The van der Waals surface area contributed by atoms with Gasteiger partial charge in [-0.2, -0.15) is 0 Å². The second-order valence-electron chi connectivity index (χ2n) is 4.13. The monoisotopic (exact) mass is 255 g/mol. The highest BCUT2D eigenvalue weighted by Gasteiger charge is 2.07. The number of nitrogens with zero attached hydrogens (tertiary/aromatic N) is 1. The predicted molar refractivity (Wildman–Crippen MR) is 76.0 cm³/mol. The summed E-state index contributed by atoms with van der Waals surface area (Å²) in [4.78, 5) is 16.1. The van der Waals surface area contributed by atoms with E-state index in [1.165, 1.54) is 0 Å². The van der Waals surface area contributed by atoms with Gasteiger partial charge in [0.1, 0.15) is 5.69 Å². The van der Waals surface area contributed by atoms with E-state index in [9.17, 15) is 4.79 Å². The standard InChI is InChI=1S/C15H17N3O/c1-2-16-13-8-9-17-14(10-13)15(19)18-11-12-6-4-3-5-7-12/h3-10H,2,11H2,1H3,(H,16,17)(H,18,19). The molecule has 2 aromatic rings. The lowest BCUT2D eigenvalue weighted by Gasteiger charge is -2.07. The van der Waals surface area contributed by atoms with E-state index in [2.05, 4.69) is 15.6 Å². The molecule has 0 aliphatic rings. The third-order valence-corrected chi connectivity index (χ3v) is 2.67. The van der Waals surface area contributed by atoms with Gasteiger partial charge >= 0.3 is 0 Å². The summed E-state index contributed by atoms with van der Waals surface area (Å²) in [6, 6.07) is 13.4. The molecule has 4 nitrogen and oxygen atoms in total. The first-order valence-electron chi connectivity index (χ1n) is 6.31. The molecule has 0 aliphatic heterocycles. The lowest BCUT2D eigenvalue weighted by atomic mass is 10.2. The number of aromatic nitrogens is 1. The number of benzene rings is 1. The summed E-state index contributed by atoms with van der Waals surface area (Å²) in [5.74, 6) is -0.163. The summed E-state index contributed by atoms with van der Waals surface area (Å²) in [7, 11) is 0. The number of rotatable bonds is 5. The smallest absolute Gasteiger partial charge is 0.270 e. The molecule has 0 radical (unpaired) electrons. The Morgan fingerprint density at radius 3 is 2.74 bits per heavy atom. The molecule has 0 saturated heterocycles. The van der Waals surface area contributed by atoms with Gasteiger partial charge in [0, 0.05) is 25.0 Å². The van der Waals surface area contributed by atoms with E-state index in [1.807, 2.05) is 43.3 Å². The fourth-order valence-corrected chi connectivity index (χ4v) is 1.74. The number of pyridine rings is 1. The van der Waals surface area contributed by atoms with Crippen molar-refractivity contribution in [1.82, 2.24) is 10.3 Å². The highest BCUT2D eigenvalue weighted by molar-refractivity contribution is 5.93. The lowest BCUT2D eigenvalue weighted by molar-refractivity contribution is 0.0946. The van der Waals surface area contributed by atoms with Crippen LogP contribution in [0.25, 0.3) is 0 Å². The first-order chi connectivity index (χ1) is 9.29. The van der Waals surface area contributed by atoms with E-state index in [0.717, 1.165) is 17.8 Å². The molecule has 0 aliphatic carbocycles. The van der Waals surface area contributed by atoms with Crippen molar-refractivity contribution in [2.24, 2.45) is 0 Å². The molecular weight excluding hydrogens is 238 g/mol. The number of amides is 1. The van der Waals surface area contributed by atoms with Crippen LogP contribution in [-0.2, 0) is 6.54 Å². The van der Waals surface area contributed by atoms with Crippen LogP contribution in [0.3, 0.4) is 0 Å². The van der Waals surface area contributed by atoms with Crippen LogP contribution in [0.2, 0.25) is 0 Å². The molecule has 2 N–H and O–H groups in total. The van der Waals surface area contributed by atoms with Crippen molar-refractivity contribution in [1.29, 1.82) is 0 Å². The molecule has 0 spiro atoms. The third-order valence-electron chi connectivity index (χ3n) is 2.67. The van der Waals surface area contributed by atoms with Gasteiger partial charge in [-0.25, -0.2) is 0 Å². The largest absolute Gasteiger partial charge is 0.385 e. The zero-order valence-corrected chi connectivity index (χ0v) is 10.9. The Labute approximate surface area is 112 Å². The summed E-state index contributed by atoms with van der Waals surface area (Å²) in [5, 5.41) is 6.01. The second kappa shape index (κ2) is 6.54. The lowest BCUT2D eigenvalue weighted by Crippen LogP contribution is -2.23. The van der Waals surface area contributed by atoms with Crippen LogP contribution in [0.1, 0.15) is 23.0 Å². The van der Waals surface area contributed by atoms with Gasteiger partial charge in [-0.3, -0.25) is 9.78 Å². The molecule has 2 rings (SSSR count). The molecule has 0 saturated carbocycles. The summed E-state index contributed by atoms with van der Waals surface area (Å²) >= 11 is 0. The summed E-state index contributed by atoms with van der Waals surface area (Å²) in [6.07, 6.45) is 1.63. The molecule has 1 heterocycles. The Balaban J connectivity index is 1.98. The van der Waals surface area contributed by atoms with Crippen molar-refractivity contribution in [3.8, 4) is 0 Å². The maximum atomic E-state index is 12.0. The van der Waals surface area contributed by atoms with E-state index in [1.54, 1.807) is 12.3 Å². The van der Waals surface area contributed by atoms with Crippen LogP contribution in [0.15, 0.2) is 48.7 Å². The van der Waals surface area contributed by atoms with E-state index in [4.69, 9.17) is 0 Å². The first-order valence-corrected chi connectivity index (χ1v) is 6.31. The van der Waals surface area contributed by atoms with Crippen LogP contribution in [-0.4, -0.2) is 17.4 Å². The van der Waals surface area contributed by atoms with E-state index < -0.39 is 0 Å². The fourth-order valence-electron chi connectivity index (χ4n) is 1.74. The minimum Gasteiger partial charge on any atom is -0.385 e. The molecule has 98 valence electrons. The zero-order chi connectivity index (χ0) is 13.5. The van der Waals surface area contributed by atoms with Gasteiger partial charge in [0.25, 0.3) is 5.91 Å². The first kappa shape index (κ1) is 13.1. The molecule has 1 amide bonds. The van der Waals surface area contributed by atoms with Gasteiger partial charge in [-0.1, -0.05) is 30.3 Å². The molecule has 4 heteroatoms. The predicted octanol–water partition coefficient (Wildman–Crippen LogP) is 2.44. The van der Waals surface area contributed by atoms with Gasteiger partial charge in [0.15, 0.2) is 0 Å². The second-order valence-corrected chi connectivity index (χ2v) is 4.13. The maximum absolute atomic E-state index is 12.0. The molecule has 0 bridgehead atoms. The van der Waals surface area contributed by atoms with Crippen molar-refractivity contribution in [3.63, 3.8) is 0 Å². The molecule has 0 unspecified atom stereocenters.